The van der Waals surface area contributed by atoms with Gasteiger partial charge in [0, 0.05) is 7.05 Å². The summed E-state index contributed by atoms with van der Waals surface area (Å²) in [5, 5.41) is 0. The first-order valence-electron chi connectivity index (χ1n) is 9.69. The largest absolute Gasteiger partial charge is 0.285 e. The van der Waals surface area contributed by atoms with E-state index in [-0.39, 0.29) is 23.7 Å². The SMILES string of the molecule is CC.CCCC(C)C(C)C.CN1C(=O)C2C3CCC(C3)C2C1=O. The Balaban J connectivity index is 0.000000232. The van der Waals surface area contributed by atoms with Crippen molar-refractivity contribution < 1.29 is 9.59 Å². The van der Waals surface area contributed by atoms with E-state index in [9.17, 15) is 9.59 Å². The molecule has 1 aliphatic heterocycles. The summed E-state index contributed by atoms with van der Waals surface area (Å²) in [6.45, 7) is 13.2. The van der Waals surface area contributed by atoms with Crippen LogP contribution in [0.4, 0.5) is 0 Å². The lowest BCUT2D eigenvalue weighted by atomic mass is 9.81. The second-order valence-corrected chi connectivity index (χ2v) is 7.63. The standard InChI is InChI=1S/C10H13NO2.C8H18.C2H6/c1-11-9(12)7-5-2-3-6(4-5)8(7)10(11)13;1-5-6-8(4)7(2)3;1-2/h5-8H,2-4H2,1H3;7-8H,5-6H2,1-4H3;1-2H3. The normalized spacial score (nSPS) is 32.3. The van der Waals surface area contributed by atoms with Gasteiger partial charge in [0.1, 0.15) is 0 Å². The van der Waals surface area contributed by atoms with Gasteiger partial charge >= 0.3 is 0 Å². The van der Waals surface area contributed by atoms with Crippen molar-refractivity contribution in [2.75, 3.05) is 7.05 Å². The van der Waals surface area contributed by atoms with Crippen LogP contribution >= 0.6 is 0 Å². The summed E-state index contributed by atoms with van der Waals surface area (Å²) in [4.78, 5) is 24.7. The zero-order chi connectivity index (χ0) is 17.7. The van der Waals surface area contributed by atoms with E-state index in [4.69, 9.17) is 0 Å². The summed E-state index contributed by atoms with van der Waals surface area (Å²) in [6.07, 6.45) is 6.18. The summed E-state index contributed by atoms with van der Waals surface area (Å²) < 4.78 is 0. The number of fused-ring (bicyclic) bond motifs is 5. The second kappa shape index (κ2) is 8.84. The van der Waals surface area contributed by atoms with Crippen LogP contribution in [0.5, 0.6) is 0 Å². The highest BCUT2D eigenvalue weighted by atomic mass is 16.2. The number of carbonyl (C=O) groups excluding carboxylic acids is 2. The zero-order valence-corrected chi connectivity index (χ0v) is 16.3. The summed E-state index contributed by atoms with van der Waals surface area (Å²) in [5.74, 6) is 3.14. The molecular formula is C20H37NO2. The molecule has 23 heavy (non-hydrogen) atoms. The quantitative estimate of drug-likeness (QED) is 0.703. The van der Waals surface area contributed by atoms with Gasteiger partial charge in [0.05, 0.1) is 11.8 Å². The fourth-order valence-electron chi connectivity index (χ4n) is 4.35. The highest BCUT2D eigenvalue weighted by molar-refractivity contribution is 6.05. The van der Waals surface area contributed by atoms with Gasteiger partial charge in [-0.3, -0.25) is 14.5 Å². The maximum absolute atomic E-state index is 11.7. The number of hydrogen-bond acceptors (Lipinski definition) is 2. The Bertz CT molecular complexity index is 376. The van der Waals surface area contributed by atoms with Crippen LogP contribution in [-0.2, 0) is 9.59 Å². The van der Waals surface area contributed by atoms with E-state index in [0.717, 1.165) is 18.3 Å². The molecular weight excluding hydrogens is 286 g/mol. The molecule has 2 saturated carbocycles. The van der Waals surface area contributed by atoms with E-state index in [1.54, 1.807) is 7.05 Å². The van der Waals surface area contributed by atoms with Crippen molar-refractivity contribution >= 4 is 11.8 Å². The van der Waals surface area contributed by atoms with Crippen LogP contribution in [0, 0.1) is 35.5 Å². The van der Waals surface area contributed by atoms with Crippen LogP contribution in [0.25, 0.3) is 0 Å². The van der Waals surface area contributed by atoms with Gasteiger partial charge in [-0.2, -0.15) is 0 Å². The fraction of sp³-hybridized carbons (Fsp3) is 0.900. The first kappa shape index (κ1) is 20.2. The minimum Gasteiger partial charge on any atom is -0.285 e. The van der Waals surface area contributed by atoms with Gasteiger partial charge < -0.3 is 0 Å². The lowest BCUT2D eigenvalue weighted by Gasteiger charge is -2.19. The van der Waals surface area contributed by atoms with Crippen LogP contribution in [0.3, 0.4) is 0 Å². The third-order valence-corrected chi connectivity index (χ3v) is 6.03. The molecule has 3 nitrogen and oxygen atoms in total. The molecule has 0 N–H and O–H groups in total. The number of rotatable bonds is 3. The lowest BCUT2D eigenvalue weighted by Crippen LogP contribution is -2.28. The number of carbonyl (C=O) groups is 2. The van der Waals surface area contributed by atoms with Crippen molar-refractivity contribution in [3.63, 3.8) is 0 Å². The summed E-state index contributed by atoms with van der Waals surface area (Å²) in [7, 11) is 1.63. The number of imide groups is 1. The molecule has 0 radical (unpaired) electrons. The maximum Gasteiger partial charge on any atom is 0.233 e. The van der Waals surface area contributed by atoms with Gasteiger partial charge in [-0.05, 0) is 42.9 Å². The first-order chi connectivity index (χ1) is 10.9. The van der Waals surface area contributed by atoms with E-state index in [1.165, 1.54) is 30.6 Å². The Morgan fingerprint density at radius 3 is 1.74 bits per heavy atom. The van der Waals surface area contributed by atoms with E-state index in [2.05, 4.69) is 27.7 Å². The molecule has 1 heterocycles. The Kier molecular flexibility index (Phi) is 7.76. The number of amides is 2. The molecule has 2 aliphatic carbocycles. The van der Waals surface area contributed by atoms with Gasteiger partial charge in [0.25, 0.3) is 0 Å². The van der Waals surface area contributed by atoms with Gasteiger partial charge in [-0.1, -0.05) is 54.4 Å². The molecule has 1 saturated heterocycles. The topological polar surface area (TPSA) is 37.4 Å². The Morgan fingerprint density at radius 1 is 1.00 bits per heavy atom. The van der Waals surface area contributed by atoms with Crippen LogP contribution < -0.4 is 0 Å². The molecule has 0 spiro atoms. The van der Waals surface area contributed by atoms with Crippen LogP contribution in [0.2, 0.25) is 0 Å². The maximum atomic E-state index is 11.7. The molecule has 0 aromatic carbocycles. The molecule has 2 amide bonds. The fourth-order valence-corrected chi connectivity index (χ4v) is 4.35. The zero-order valence-electron chi connectivity index (χ0n) is 16.3. The van der Waals surface area contributed by atoms with Gasteiger partial charge in [-0.25, -0.2) is 0 Å². The van der Waals surface area contributed by atoms with Crippen LogP contribution in [-0.4, -0.2) is 23.8 Å². The Morgan fingerprint density at radius 2 is 1.43 bits per heavy atom. The van der Waals surface area contributed by atoms with E-state index >= 15 is 0 Å². The Hall–Kier alpha value is -0.860. The van der Waals surface area contributed by atoms with Crippen molar-refractivity contribution in [1.29, 1.82) is 0 Å². The van der Waals surface area contributed by atoms with Crippen LogP contribution in [0.15, 0.2) is 0 Å². The van der Waals surface area contributed by atoms with Crippen molar-refractivity contribution in [2.24, 2.45) is 35.5 Å². The summed E-state index contributed by atoms with van der Waals surface area (Å²) in [6, 6.07) is 0. The number of hydrogen-bond donors (Lipinski definition) is 0. The predicted molar refractivity (Wildman–Crippen MR) is 95.8 cm³/mol. The molecule has 3 rings (SSSR count). The molecule has 5 atom stereocenters. The van der Waals surface area contributed by atoms with E-state index in [0.29, 0.717) is 11.8 Å². The van der Waals surface area contributed by atoms with Crippen molar-refractivity contribution in [2.45, 2.75) is 73.6 Å². The van der Waals surface area contributed by atoms with E-state index < -0.39 is 0 Å². The first-order valence-corrected chi connectivity index (χ1v) is 9.69. The summed E-state index contributed by atoms with van der Waals surface area (Å²) >= 11 is 0. The van der Waals surface area contributed by atoms with Gasteiger partial charge in [-0.15, -0.1) is 0 Å². The van der Waals surface area contributed by atoms with Gasteiger partial charge in [0.15, 0.2) is 0 Å². The highest BCUT2D eigenvalue weighted by Crippen LogP contribution is 2.55. The molecule has 5 unspecified atom stereocenters. The third-order valence-electron chi connectivity index (χ3n) is 6.03. The molecule has 0 aromatic rings. The van der Waals surface area contributed by atoms with Crippen molar-refractivity contribution in [3.05, 3.63) is 0 Å². The number of likely N-dealkylation sites (tertiary alicyclic amines) is 1. The average Bonchev–Trinajstić information content (AvgIpc) is 3.21. The summed E-state index contributed by atoms with van der Waals surface area (Å²) in [5.41, 5.74) is 0. The monoisotopic (exact) mass is 323 g/mol. The van der Waals surface area contributed by atoms with E-state index in [1.807, 2.05) is 13.8 Å². The molecule has 134 valence electrons. The smallest absolute Gasteiger partial charge is 0.233 e. The lowest BCUT2D eigenvalue weighted by molar-refractivity contribution is -0.139. The minimum atomic E-state index is 0.0660. The van der Waals surface area contributed by atoms with Gasteiger partial charge in [0.2, 0.25) is 11.8 Å². The predicted octanol–water partition coefficient (Wildman–Crippen LogP) is 4.75. The highest BCUT2D eigenvalue weighted by Gasteiger charge is 2.59. The second-order valence-electron chi connectivity index (χ2n) is 7.63. The van der Waals surface area contributed by atoms with Crippen molar-refractivity contribution in [3.8, 4) is 0 Å². The molecule has 3 aliphatic rings. The third kappa shape index (κ3) is 4.16. The van der Waals surface area contributed by atoms with Crippen molar-refractivity contribution in [1.82, 2.24) is 4.90 Å². The van der Waals surface area contributed by atoms with Crippen LogP contribution in [0.1, 0.15) is 73.6 Å². The number of nitrogens with zero attached hydrogens (tertiary/aromatic N) is 1. The minimum absolute atomic E-state index is 0.0660. The molecule has 3 heteroatoms. The average molecular weight is 324 g/mol. The molecule has 3 fully saturated rings. The molecule has 0 aromatic heterocycles. The Labute approximate surface area is 143 Å². The molecule has 2 bridgehead atoms.